The molecule has 1 aromatic heterocycles. The normalized spacial score (nSPS) is 10.4. The summed E-state index contributed by atoms with van der Waals surface area (Å²) in [5.74, 6) is -7.52. The van der Waals surface area contributed by atoms with Gasteiger partial charge in [0.25, 0.3) is 5.91 Å². The minimum atomic E-state index is -1.68. The van der Waals surface area contributed by atoms with Gasteiger partial charge in [0.15, 0.2) is 23.3 Å². The van der Waals surface area contributed by atoms with Crippen molar-refractivity contribution >= 4 is 27.5 Å². The zero-order valence-electron chi connectivity index (χ0n) is 9.55. The first-order valence-corrected chi connectivity index (χ1v) is 5.95. The van der Waals surface area contributed by atoms with E-state index in [-0.39, 0.29) is 11.6 Å². The van der Waals surface area contributed by atoms with Gasteiger partial charge in [-0.25, -0.2) is 22.5 Å². The number of aromatic nitrogens is 1. The quantitative estimate of drug-likeness (QED) is 0.511. The maximum atomic E-state index is 13.4. The topological polar surface area (TPSA) is 42.0 Å². The highest BCUT2D eigenvalue weighted by Crippen LogP contribution is 2.24. The molecular weight excluding hydrogens is 344 g/mol. The molecule has 1 amide bonds. The highest BCUT2D eigenvalue weighted by Gasteiger charge is 2.21. The van der Waals surface area contributed by atoms with Gasteiger partial charge in [0.1, 0.15) is 10.3 Å². The van der Waals surface area contributed by atoms with E-state index in [9.17, 15) is 22.4 Å². The van der Waals surface area contributed by atoms with Gasteiger partial charge in [-0.05, 0) is 28.1 Å². The van der Waals surface area contributed by atoms with Crippen LogP contribution in [0.5, 0.6) is 0 Å². The summed E-state index contributed by atoms with van der Waals surface area (Å²) in [5, 5.41) is 1.77. The van der Waals surface area contributed by atoms with Gasteiger partial charge < -0.3 is 5.32 Å². The lowest BCUT2D eigenvalue weighted by atomic mass is 10.2. The van der Waals surface area contributed by atoms with Crippen molar-refractivity contribution in [3.63, 3.8) is 0 Å². The van der Waals surface area contributed by atoms with E-state index in [0.717, 1.165) is 6.20 Å². The first kappa shape index (κ1) is 14.4. The number of carbonyl (C=O) groups excluding carboxylic acids is 1. The third-order valence-corrected chi connectivity index (χ3v) is 2.81. The smallest absolute Gasteiger partial charge is 0.257 e. The molecule has 0 spiro atoms. The molecule has 1 heterocycles. The summed E-state index contributed by atoms with van der Waals surface area (Å²) >= 11 is 3.04. The lowest BCUT2D eigenvalue weighted by molar-refractivity contribution is 0.102. The predicted octanol–water partition coefficient (Wildman–Crippen LogP) is 3.65. The molecule has 8 heteroatoms. The number of pyridine rings is 1. The fourth-order valence-electron chi connectivity index (χ4n) is 1.38. The van der Waals surface area contributed by atoms with Crippen LogP contribution < -0.4 is 5.32 Å². The van der Waals surface area contributed by atoms with E-state index in [1.165, 1.54) is 12.1 Å². The summed E-state index contributed by atoms with van der Waals surface area (Å²) in [6.07, 6.45) is 1.13. The molecule has 0 unspecified atom stereocenters. The molecule has 0 aliphatic rings. The van der Waals surface area contributed by atoms with E-state index in [1.54, 1.807) is 5.32 Å². The summed E-state index contributed by atoms with van der Waals surface area (Å²) < 4.78 is 53.1. The maximum Gasteiger partial charge on any atom is 0.257 e. The summed E-state index contributed by atoms with van der Waals surface area (Å²) in [7, 11) is 0. The Morgan fingerprint density at radius 3 is 2.20 bits per heavy atom. The number of anilines is 1. The minimum absolute atomic E-state index is 0.0309. The van der Waals surface area contributed by atoms with Crippen LogP contribution >= 0.6 is 15.9 Å². The largest absolute Gasteiger partial charge is 0.317 e. The molecule has 1 aromatic carbocycles. The van der Waals surface area contributed by atoms with E-state index < -0.39 is 34.9 Å². The fraction of sp³-hybridized carbons (Fsp3) is 0. The summed E-state index contributed by atoms with van der Waals surface area (Å²) in [6, 6.07) is 2.80. The number of nitrogens with zero attached hydrogens (tertiary/aromatic N) is 1. The van der Waals surface area contributed by atoms with Crippen LogP contribution in [0.15, 0.2) is 29.0 Å². The third-order valence-electron chi connectivity index (χ3n) is 2.34. The number of rotatable bonds is 2. The van der Waals surface area contributed by atoms with E-state index in [1.807, 2.05) is 0 Å². The van der Waals surface area contributed by atoms with Crippen LogP contribution in [0.25, 0.3) is 0 Å². The van der Waals surface area contributed by atoms with Crippen LogP contribution in [0.3, 0.4) is 0 Å². The average molecular weight is 349 g/mol. The Bertz CT molecular complexity index is 650. The highest BCUT2D eigenvalue weighted by molar-refractivity contribution is 9.10. The zero-order chi connectivity index (χ0) is 14.9. The van der Waals surface area contributed by atoms with Gasteiger partial charge in [-0.15, -0.1) is 0 Å². The van der Waals surface area contributed by atoms with Crippen LogP contribution in [0.4, 0.5) is 23.2 Å². The van der Waals surface area contributed by atoms with E-state index in [4.69, 9.17) is 0 Å². The number of halogens is 5. The second-order valence-electron chi connectivity index (χ2n) is 3.67. The standard InChI is InChI=1S/C12H5BrF4N2O/c13-8-2-1-5(4-18-8)12(20)19-11-9(16)6(14)3-7(15)10(11)17/h1-4H,(H,19,20). The van der Waals surface area contributed by atoms with Gasteiger partial charge >= 0.3 is 0 Å². The molecule has 0 fully saturated rings. The second kappa shape index (κ2) is 5.58. The molecule has 104 valence electrons. The van der Waals surface area contributed by atoms with Crippen molar-refractivity contribution < 1.29 is 22.4 Å². The lowest BCUT2D eigenvalue weighted by Gasteiger charge is -2.08. The van der Waals surface area contributed by atoms with Crippen molar-refractivity contribution in [3.8, 4) is 0 Å². The first-order chi connectivity index (χ1) is 9.40. The van der Waals surface area contributed by atoms with Crippen molar-refractivity contribution in [3.05, 3.63) is 57.8 Å². The Morgan fingerprint density at radius 1 is 1.10 bits per heavy atom. The van der Waals surface area contributed by atoms with E-state index >= 15 is 0 Å². The van der Waals surface area contributed by atoms with Gasteiger partial charge in [0.05, 0.1) is 5.56 Å². The molecule has 0 bridgehead atoms. The van der Waals surface area contributed by atoms with Crippen LogP contribution in [0.1, 0.15) is 10.4 Å². The number of hydrogen-bond acceptors (Lipinski definition) is 2. The van der Waals surface area contributed by atoms with Gasteiger partial charge in [-0.1, -0.05) is 0 Å². The van der Waals surface area contributed by atoms with Crippen molar-refractivity contribution in [1.29, 1.82) is 0 Å². The van der Waals surface area contributed by atoms with Crippen LogP contribution in [-0.4, -0.2) is 10.9 Å². The van der Waals surface area contributed by atoms with Gasteiger partial charge in [0.2, 0.25) is 0 Å². The average Bonchev–Trinajstić information content (AvgIpc) is 2.42. The molecule has 0 aliphatic heterocycles. The Kier molecular flexibility index (Phi) is 4.03. The van der Waals surface area contributed by atoms with Crippen LogP contribution in [0.2, 0.25) is 0 Å². The van der Waals surface area contributed by atoms with Crippen molar-refractivity contribution in [2.45, 2.75) is 0 Å². The molecule has 0 radical (unpaired) electrons. The maximum absolute atomic E-state index is 13.4. The van der Waals surface area contributed by atoms with Gasteiger partial charge in [-0.3, -0.25) is 4.79 Å². The molecule has 0 aliphatic carbocycles. The summed E-state index contributed by atoms with van der Waals surface area (Å²) in [5.41, 5.74) is -1.22. The van der Waals surface area contributed by atoms with Crippen LogP contribution in [0, 0.1) is 23.3 Å². The molecule has 0 saturated heterocycles. The Labute approximate surface area is 118 Å². The van der Waals surface area contributed by atoms with Crippen molar-refractivity contribution in [2.24, 2.45) is 0 Å². The minimum Gasteiger partial charge on any atom is -0.317 e. The van der Waals surface area contributed by atoms with Crippen molar-refractivity contribution in [2.75, 3.05) is 5.32 Å². The number of amides is 1. The molecule has 0 saturated carbocycles. The fourth-order valence-corrected chi connectivity index (χ4v) is 1.61. The second-order valence-corrected chi connectivity index (χ2v) is 4.48. The molecule has 2 aromatic rings. The molecule has 2 rings (SSSR count). The van der Waals surface area contributed by atoms with Crippen LogP contribution in [-0.2, 0) is 0 Å². The number of nitrogens with one attached hydrogen (secondary N) is 1. The zero-order valence-corrected chi connectivity index (χ0v) is 11.1. The summed E-state index contributed by atoms with van der Waals surface area (Å²) in [6.45, 7) is 0. The molecule has 20 heavy (non-hydrogen) atoms. The number of benzene rings is 1. The van der Waals surface area contributed by atoms with Gasteiger partial charge in [-0.2, -0.15) is 0 Å². The first-order valence-electron chi connectivity index (χ1n) is 5.16. The number of carbonyl (C=O) groups is 1. The third kappa shape index (κ3) is 2.79. The number of hydrogen-bond donors (Lipinski definition) is 1. The predicted molar refractivity (Wildman–Crippen MR) is 66.2 cm³/mol. The molecular formula is C12H5BrF4N2O. The lowest BCUT2D eigenvalue weighted by Crippen LogP contribution is -2.16. The highest BCUT2D eigenvalue weighted by atomic mass is 79.9. The van der Waals surface area contributed by atoms with E-state index in [2.05, 4.69) is 20.9 Å². The van der Waals surface area contributed by atoms with Gasteiger partial charge in [0, 0.05) is 12.3 Å². The molecule has 1 N–H and O–H groups in total. The molecule has 3 nitrogen and oxygen atoms in total. The Hall–Kier alpha value is -1.96. The monoisotopic (exact) mass is 348 g/mol. The SMILES string of the molecule is O=C(Nc1c(F)c(F)cc(F)c1F)c1ccc(Br)nc1. The Morgan fingerprint density at radius 2 is 1.70 bits per heavy atom. The molecule has 0 atom stereocenters. The Balaban J connectivity index is 2.35. The summed E-state index contributed by atoms with van der Waals surface area (Å²) in [4.78, 5) is 15.4. The van der Waals surface area contributed by atoms with Crippen molar-refractivity contribution in [1.82, 2.24) is 4.98 Å². The van der Waals surface area contributed by atoms with E-state index in [0.29, 0.717) is 4.60 Å².